The second kappa shape index (κ2) is 10.6. The van der Waals surface area contributed by atoms with Crippen LogP contribution in [0.3, 0.4) is 0 Å². The third-order valence-electron chi connectivity index (χ3n) is 6.13. The Balaban J connectivity index is 1.25. The lowest BCUT2D eigenvalue weighted by Crippen LogP contribution is -2.20. The molecular formula is C29H21Cl2NO5. The average molecular weight is 534 g/mol. The number of fused-ring (bicyclic) bond motifs is 1. The number of benzene rings is 3. The summed E-state index contributed by atoms with van der Waals surface area (Å²) < 4.78 is 11.5. The maximum Gasteiger partial charge on any atom is 0.311 e. The highest BCUT2D eigenvalue weighted by atomic mass is 35.5. The van der Waals surface area contributed by atoms with Crippen LogP contribution in [0.15, 0.2) is 79.0 Å². The van der Waals surface area contributed by atoms with Crippen molar-refractivity contribution in [2.75, 3.05) is 6.61 Å². The number of rotatable bonds is 7. The van der Waals surface area contributed by atoms with Crippen molar-refractivity contribution in [1.82, 2.24) is 4.98 Å². The van der Waals surface area contributed by atoms with Gasteiger partial charge in [-0.05, 0) is 60.5 Å². The van der Waals surface area contributed by atoms with Gasteiger partial charge in [0.15, 0.2) is 5.78 Å². The quantitative estimate of drug-likeness (QED) is 0.252. The van der Waals surface area contributed by atoms with Gasteiger partial charge in [-0.2, -0.15) is 0 Å². The van der Waals surface area contributed by atoms with Crippen LogP contribution in [0.1, 0.15) is 34.0 Å². The molecule has 37 heavy (non-hydrogen) atoms. The number of carboxylic acid groups (broad SMARTS) is 1. The number of Topliss-reactive ketones (excluding diaryl/α,β-unsaturated/α-hetero) is 1. The lowest BCUT2D eigenvalue weighted by molar-refractivity contribution is -0.139. The molecule has 6 nitrogen and oxygen atoms in total. The Kier molecular flexibility index (Phi) is 7.12. The number of carbonyl (C=O) groups excluding carboxylic acids is 1. The molecule has 0 saturated carbocycles. The second-order valence-electron chi connectivity index (χ2n) is 8.62. The third-order valence-corrected chi connectivity index (χ3v) is 6.66. The van der Waals surface area contributed by atoms with E-state index in [1.54, 1.807) is 42.6 Å². The predicted molar refractivity (Wildman–Crippen MR) is 141 cm³/mol. The molecule has 0 spiro atoms. The summed E-state index contributed by atoms with van der Waals surface area (Å²) in [6, 6.07) is 21.2. The summed E-state index contributed by atoms with van der Waals surface area (Å²) in [4.78, 5) is 28.8. The zero-order valence-electron chi connectivity index (χ0n) is 19.5. The predicted octanol–water partition coefficient (Wildman–Crippen LogP) is 7.22. The number of ketones is 1. The number of nitrogens with zero attached hydrogens (tertiary/aromatic N) is 1. The Morgan fingerprint density at radius 3 is 2.51 bits per heavy atom. The molecule has 186 valence electrons. The van der Waals surface area contributed by atoms with Gasteiger partial charge in [0.2, 0.25) is 0 Å². The molecule has 5 rings (SSSR count). The number of aromatic nitrogens is 1. The van der Waals surface area contributed by atoms with Gasteiger partial charge in [0, 0.05) is 39.7 Å². The van der Waals surface area contributed by atoms with Gasteiger partial charge >= 0.3 is 5.97 Å². The molecule has 2 heterocycles. The number of carbonyl (C=O) groups is 2. The van der Waals surface area contributed by atoms with Gasteiger partial charge in [0.25, 0.3) is 0 Å². The van der Waals surface area contributed by atoms with Crippen LogP contribution in [0.2, 0.25) is 10.0 Å². The van der Waals surface area contributed by atoms with E-state index in [4.69, 9.17) is 32.7 Å². The molecule has 1 atom stereocenters. The number of hydrogen-bond acceptors (Lipinski definition) is 5. The number of ether oxygens (including phenoxy) is 2. The molecule has 0 bridgehead atoms. The first-order chi connectivity index (χ1) is 17.9. The van der Waals surface area contributed by atoms with Crippen molar-refractivity contribution in [1.29, 1.82) is 0 Å². The molecule has 8 heteroatoms. The van der Waals surface area contributed by atoms with Crippen LogP contribution < -0.4 is 9.47 Å². The first kappa shape index (κ1) is 24.8. The lowest BCUT2D eigenvalue weighted by Gasteiger charge is -2.24. The summed E-state index contributed by atoms with van der Waals surface area (Å²) in [5.74, 6) is -0.388. The van der Waals surface area contributed by atoms with Crippen molar-refractivity contribution in [2.45, 2.75) is 18.8 Å². The van der Waals surface area contributed by atoms with E-state index >= 15 is 0 Å². The van der Waals surface area contributed by atoms with E-state index in [-0.39, 0.29) is 17.2 Å². The minimum Gasteiger partial charge on any atom is -0.493 e. The van der Waals surface area contributed by atoms with E-state index in [1.807, 2.05) is 36.4 Å². The normalized spacial score (nSPS) is 14.4. The molecule has 3 aromatic carbocycles. The first-order valence-electron chi connectivity index (χ1n) is 11.6. The van der Waals surface area contributed by atoms with E-state index in [2.05, 4.69) is 4.98 Å². The molecule has 1 aliphatic heterocycles. The average Bonchev–Trinajstić information content (AvgIpc) is 2.89. The van der Waals surface area contributed by atoms with Crippen molar-refractivity contribution < 1.29 is 24.2 Å². The van der Waals surface area contributed by atoms with E-state index in [1.165, 1.54) is 0 Å². The highest BCUT2D eigenvalue weighted by Gasteiger charge is 2.29. The van der Waals surface area contributed by atoms with Crippen molar-refractivity contribution >= 4 is 35.0 Å². The molecular weight excluding hydrogens is 513 g/mol. The van der Waals surface area contributed by atoms with Gasteiger partial charge in [-0.3, -0.25) is 14.6 Å². The monoisotopic (exact) mass is 533 g/mol. The SMILES string of the molecule is O=C(Cc1ccc(-c2cccc(Cl)c2)cn1)c1ccc(Oc2cc3c(cc2Cl)C(C(=O)O)CCO3)cc1. The van der Waals surface area contributed by atoms with Crippen LogP contribution in [-0.2, 0) is 11.2 Å². The van der Waals surface area contributed by atoms with E-state index in [0.29, 0.717) is 52.1 Å². The second-order valence-corrected chi connectivity index (χ2v) is 9.47. The third kappa shape index (κ3) is 5.61. The standard InChI is InChI=1S/C29H21Cl2NO5/c30-20-3-1-2-18(12-20)19-4-7-21(32-16-19)13-26(33)17-5-8-22(9-6-17)37-28-15-27-24(14-25(28)31)23(29(34)35)10-11-36-27/h1-9,12,14-16,23H,10-11,13H2,(H,34,35). The van der Waals surface area contributed by atoms with Crippen molar-refractivity contribution in [2.24, 2.45) is 0 Å². The van der Waals surface area contributed by atoms with Crippen LogP contribution in [0, 0.1) is 0 Å². The minimum atomic E-state index is -0.915. The zero-order valence-corrected chi connectivity index (χ0v) is 21.0. The number of pyridine rings is 1. The molecule has 1 aromatic heterocycles. The molecule has 1 unspecified atom stereocenters. The van der Waals surface area contributed by atoms with Gasteiger partial charge in [-0.25, -0.2) is 0 Å². The molecule has 1 N–H and O–H groups in total. The van der Waals surface area contributed by atoms with Crippen molar-refractivity contribution in [3.05, 3.63) is 106 Å². The highest BCUT2D eigenvalue weighted by molar-refractivity contribution is 6.32. The van der Waals surface area contributed by atoms with Crippen LogP contribution in [0.4, 0.5) is 0 Å². The topological polar surface area (TPSA) is 85.7 Å². The Labute approximate surface area is 223 Å². The lowest BCUT2D eigenvalue weighted by atomic mass is 9.93. The molecule has 0 amide bonds. The summed E-state index contributed by atoms with van der Waals surface area (Å²) in [5, 5.41) is 10.4. The maximum absolute atomic E-state index is 12.8. The maximum atomic E-state index is 12.8. The van der Waals surface area contributed by atoms with Crippen LogP contribution >= 0.6 is 23.2 Å². The van der Waals surface area contributed by atoms with Gasteiger partial charge in [0.1, 0.15) is 17.2 Å². The Hall–Kier alpha value is -3.87. The summed E-state index contributed by atoms with van der Waals surface area (Å²) in [6.07, 6.45) is 2.28. The minimum absolute atomic E-state index is 0.0746. The van der Waals surface area contributed by atoms with Gasteiger partial charge < -0.3 is 14.6 Å². The largest absolute Gasteiger partial charge is 0.493 e. The number of halogens is 2. The number of aliphatic carboxylic acids is 1. The number of carboxylic acids is 1. The zero-order chi connectivity index (χ0) is 25.9. The Bertz CT molecular complexity index is 1470. The fourth-order valence-corrected chi connectivity index (χ4v) is 4.60. The molecule has 0 radical (unpaired) electrons. The van der Waals surface area contributed by atoms with Crippen molar-refractivity contribution in [3.8, 4) is 28.4 Å². The van der Waals surface area contributed by atoms with E-state index in [0.717, 1.165) is 11.1 Å². The molecule has 1 aliphatic rings. The van der Waals surface area contributed by atoms with Gasteiger partial charge in [-0.15, -0.1) is 0 Å². The molecule has 0 saturated heterocycles. The summed E-state index contributed by atoms with van der Waals surface area (Å²) in [5.41, 5.74) is 3.60. The van der Waals surface area contributed by atoms with Crippen LogP contribution in [0.5, 0.6) is 17.2 Å². The number of hydrogen-bond donors (Lipinski definition) is 1. The first-order valence-corrected chi connectivity index (χ1v) is 12.3. The van der Waals surface area contributed by atoms with Crippen LogP contribution in [0.25, 0.3) is 11.1 Å². The summed E-state index contributed by atoms with van der Waals surface area (Å²) in [7, 11) is 0. The van der Waals surface area contributed by atoms with Gasteiger partial charge in [-0.1, -0.05) is 41.4 Å². The fraction of sp³-hybridized carbons (Fsp3) is 0.138. The Morgan fingerprint density at radius 1 is 1.00 bits per heavy atom. The molecule has 0 aliphatic carbocycles. The highest BCUT2D eigenvalue weighted by Crippen LogP contribution is 2.41. The van der Waals surface area contributed by atoms with Crippen molar-refractivity contribution in [3.63, 3.8) is 0 Å². The van der Waals surface area contributed by atoms with E-state index in [9.17, 15) is 14.7 Å². The molecule has 4 aromatic rings. The summed E-state index contributed by atoms with van der Waals surface area (Å²) >= 11 is 12.4. The van der Waals surface area contributed by atoms with Gasteiger partial charge in [0.05, 0.1) is 24.0 Å². The summed E-state index contributed by atoms with van der Waals surface area (Å²) in [6.45, 7) is 0.306. The molecule has 0 fully saturated rings. The van der Waals surface area contributed by atoms with E-state index < -0.39 is 11.9 Å². The Morgan fingerprint density at radius 2 is 1.81 bits per heavy atom. The fourth-order valence-electron chi connectivity index (χ4n) is 4.19. The van der Waals surface area contributed by atoms with Crippen LogP contribution in [-0.4, -0.2) is 28.4 Å². The smallest absolute Gasteiger partial charge is 0.311 e.